The molecule has 0 aromatic heterocycles. The number of nitrogens with zero attached hydrogens (tertiary/aromatic N) is 1. The maximum absolute atomic E-state index is 13.1. The van der Waals surface area contributed by atoms with Crippen molar-refractivity contribution in [3.63, 3.8) is 0 Å². The molecule has 4 aromatic carbocycles. The Morgan fingerprint density at radius 2 is 1.84 bits per heavy atom. The number of benzene rings is 4. The fourth-order valence-electron chi connectivity index (χ4n) is 4.75. The number of halogens is 1. The molecule has 0 atom stereocenters. The van der Waals surface area contributed by atoms with Gasteiger partial charge in [-0.15, -0.1) is 0 Å². The van der Waals surface area contributed by atoms with E-state index in [0.29, 0.717) is 51.9 Å². The Hall–Kier alpha value is -4.48. The van der Waals surface area contributed by atoms with Crippen molar-refractivity contribution in [2.24, 2.45) is 0 Å². The number of hydrogen-bond donors (Lipinski definition) is 1. The van der Waals surface area contributed by atoms with Gasteiger partial charge in [0.25, 0.3) is 11.1 Å². The second-order valence-corrected chi connectivity index (χ2v) is 11.4. The molecule has 6 rings (SSSR count). The maximum atomic E-state index is 13.1. The number of nitrogens with one attached hydrogen (secondary N) is 1. The lowest BCUT2D eigenvalue weighted by atomic mass is 10.1. The van der Waals surface area contributed by atoms with E-state index in [1.54, 1.807) is 36.4 Å². The van der Waals surface area contributed by atoms with Gasteiger partial charge in [0.1, 0.15) is 13.2 Å². The summed E-state index contributed by atoms with van der Waals surface area (Å²) in [4.78, 5) is 39.6. The number of ether oxygens (including phenoxy) is 4. The van der Waals surface area contributed by atoms with E-state index < -0.39 is 23.6 Å². The van der Waals surface area contributed by atoms with Crippen molar-refractivity contribution in [1.82, 2.24) is 4.90 Å². The van der Waals surface area contributed by atoms with Crippen molar-refractivity contribution in [2.75, 3.05) is 25.3 Å². The predicted molar refractivity (Wildman–Crippen MR) is 167 cm³/mol. The van der Waals surface area contributed by atoms with E-state index >= 15 is 0 Å². The van der Waals surface area contributed by atoms with Gasteiger partial charge < -0.3 is 24.3 Å². The molecule has 2 heterocycles. The van der Waals surface area contributed by atoms with Crippen LogP contribution in [-0.4, -0.2) is 41.9 Å². The number of hydrogen-bond acceptors (Lipinski definition) is 8. The number of amides is 3. The van der Waals surface area contributed by atoms with Crippen LogP contribution in [0.1, 0.15) is 18.1 Å². The van der Waals surface area contributed by atoms with Crippen LogP contribution in [0.2, 0.25) is 0 Å². The average molecular weight is 662 g/mol. The molecule has 1 fully saturated rings. The number of carbonyl (C=O) groups is 3. The Bertz CT molecular complexity index is 1790. The summed E-state index contributed by atoms with van der Waals surface area (Å²) < 4.78 is 23.3. The molecular formula is C32H25BrN2O7S. The van der Waals surface area contributed by atoms with Crippen LogP contribution in [0.4, 0.5) is 10.5 Å². The second-order valence-electron chi connectivity index (χ2n) is 9.57. The highest BCUT2D eigenvalue weighted by Gasteiger charge is 2.36. The van der Waals surface area contributed by atoms with Crippen LogP contribution in [0.5, 0.6) is 23.0 Å². The topological polar surface area (TPSA) is 103 Å². The molecule has 4 aromatic rings. The molecule has 0 unspecified atom stereocenters. The van der Waals surface area contributed by atoms with E-state index in [-0.39, 0.29) is 11.7 Å². The molecule has 0 bridgehead atoms. The molecule has 0 aliphatic carbocycles. The highest BCUT2D eigenvalue weighted by molar-refractivity contribution is 9.10. The molecule has 43 heavy (non-hydrogen) atoms. The smallest absolute Gasteiger partial charge is 0.294 e. The molecule has 3 amide bonds. The van der Waals surface area contributed by atoms with Gasteiger partial charge in [-0.25, -0.2) is 0 Å². The first kappa shape index (κ1) is 28.6. The second kappa shape index (κ2) is 12.4. The van der Waals surface area contributed by atoms with Crippen molar-refractivity contribution >= 4 is 67.3 Å². The summed E-state index contributed by atoms with van der Waals surface area (Å²) in [5.41, 5.74) is 2.13. The zero-order valence-corrected chi connectivity index (χ0v) is 25.3. The van der Waals surface area contributed by atoms with Crippen LogP contribution < -0.4 is 24.3 Å². The summed E-state index contributed by atoms with van der Waals surface area (Å²) in [5.74, 6) is 1.04. The Kier molecular flexibility index (Phi) is 8.26. The van der Waals surface area contributed by atoms with Crippen LogP contribution in [0.3, 0.4) is 0 Å². The van der Waals surface area contributed by atoms with Gasteiger partial charge in [-0.05, 0) is 86.9 Å². The minimum absolute atomic E-state index is 0.110. The third-order valence-electron chi connectivity index (χ3n) is 6.71. The SMILES string of the molecule is CCOc1cc(/C=C2/SC(=O)N(CC(=O)Nc3ccc4c(c3)OCO4)C2=O)cc(Br)c1OCc1cccc2ccccc12. The van der Waals surface area contributed by atoms with Gasteiger partial charge >= 0.3 is 0 Å². The van der Waals surface area contributed by atoms with E-state index in [2.05, 4.69) is 39.4 Å². The number of imide groups is 1. The highest BCUT2D eigenvalue weighted by atomic mass is 79.9. The highest BCUT2D eigenvalue weighted by Crippen LogP contribution is 2.40. The Morgan fingerprint density at radius 3 is 2.70 bits per heavy atom. The van der Waals surface area contributed by atoms with E-state index in [4.69, 9.17) is 18.9 Å². The van der Waals surface area contributed by atoms with E-state index in [0.717, 1.165) is 33.0 Å². The molecule has 0 saturated carbocycles. The molecule has 9 nitrogen and oxygen atoms in total. The quantitative estimate of drug-likeness (QED) is 0.192. The number of thioether (sulfide) groups is 1. The lowest BCUT2D eigenvalue weighted by Gasteiger charge is -2.16. The van der Waals surface area contributed by atoms with Gasteiger partial charge in [-0.3, -0.25) is 19.3 Å². The van der Waals surface area contributed by atoms with E-state index in [1.165, 1.54) is 0 Å². The minimum Gasteiger partial charge on any atom is -0.490 e. The first-order chi connectivity index (χ1) is 20.9. The molecule has 1 N–H and O–H groups in total. The van der Waals surface area contributed by atoms with Crippen LogP contribution in [0.15, 0.2) is 82.2 Å². The number of carbonyl (C=O) groups excluding carboxylic acids is 3. The van der Waals surface area contributed by atoms with Gasteiger partial charge in [-0.2, -0.15) is 0 Å². The monoisotopic (exact) mass is 660 g/mol. The average Bonchev–Trinajstić information content (AvgIpc) is 3.56. The predicted octanol–water partition coefficient (Wildman–Crippen LogP) is 6.98. The molecular weight excluding hydrogens is 636 g/mol. The molecule has 1 saturated heterocycles. The van der Waals surface area contributed by atoms with Crippen LogP contribution in [-0.2, 0) is 16.2 Å². The number of rotatable bonds is 9. The summed E-state index contributed by atoms with van der Waals surface area (Å²) in [6.45, 7) is 2.28. The lowest BCUT2D eigenvalue weighted by molar-refractivity contribution is -0.127. The Morgan fingerprint density at radius 1 is 1.02 bits per heavy atom. The Balaban J connectivity index is 1.16. The van der Waals surface area contributed by atoms with Gasteiger partial charge in [0.2, 0.25) is 12.7 Å². The summed E-state index contributed by atoms with van der Waals surface area (Å²) in [6, 6.07) is 22.7. The summed E-state index contributed by atoms with van der Waals surface area (Å²) in [5, 5.41) is 4.39. The zero-order valence-electron chi connectivity index (χ0n) is 22.9. The van der Waals surface area contributed by atoms with E-state index in [1.807, 2.05) is 31.2 Å². The summed E-state index contributed by atoms with van der Waals surface area (Å²) in [6.07, 6.45) is 1.60. The Labute approximate surface area is 259 Å². The standard InChI is InChI=1S/C32H25BrN2O7S/c1-2-39-27-13-19(12-24(33)30(27)40-17-21-8-5-7-20-6-3-4-9-23(20)21)14-28-31(37)35(32(38)43-28)16-29(36)34-22-10-11-25-26(15-22)42-18-41-25/h3-15H,2,16-18H2,1H3,(H,34,36)/b28-14+. The van der Waals surface area contributed by atoms with Crippen LogP contribution in [0.25, 0.3) is 16.8 Å². The largest absolute Gasteiger partial charge is 0.490 e. The van der Waals surface area contributed by atoms with Crippen molar-refractivity contribution < 1.29 is 33.3 Å². The third kappa shape index (κ3) is 6.18. The fourth-order valence-corrected chi connectivity index (χ4v) is 6.16. The normalized spacial score (nSPS) is 14.9. The third-order valence-corrected chi connectivity index (χ3v) is 8.21. The van der Waals surface area contributed by atoms with Crippen molar-refractivity contribution in [3.8, 4) is 23.0 Å². The molecule has 0 radical (unpaired) electrons. The minimum atomic E-state index is -0.554. The van der Waals surface area contributed by atoms with Crippen LogP contribution in [0, 0.1) is 0 Å². The number of fused-ring (bicyclic) bond motifs is 2. The molecule has 0 spiro atoms. The first-order valence-corrected chi connectivity index (χ1v) is 15.0. The van der Waals surface area contributed by atoms with Gasteiger partial charge in [0.15, 0.2) is 23.0 Å². The number of anilines is 1. The van der Waals surface area contributed by atoms with Gasteiger partial charge in [0, 0.05) is 11.8 Å². The molecule has 2 aliphatic heterocycles. The van der Waals surface area contributed by atoms with Crippen molar-refractivity contribution in [3.05, 3.63) is 93.3 Å². The van der Waals surface area contributed by atoms with Gasteiger partial charge in [-0.1, -0.05) is 42.5 Å². The summed E-state index contributed by atoms with van der Waals surface area (Å²) in [7, 11) is 0. The molecule has 2 aliphatic rings. The van der Waals surface area contributed by atoms with Gasteiger partial charge in [0.05, 0.1) is 16.0 Å². The lowest BCUT2D eigenvalue weighted by Crippen LogP contribution is -2.36. The van der Waals surface area contributed by atoms with Crippen molar-refractivity contribution in [1.29, 1.82) is 0 Å². The molecule has 11 heteroatoms. The van der Waals surface area contributed by atoms with Crippen molar-refractivity contribution in [2.45, 2.75) is 13.5 Å². The first-order valence-electron chi connectivity index (χ1n) is 13.4. The van der Waals surface area contributed by atoms with E-state index in [9.17, 15) is 14.4 Å². The summed E-state index contributed by atoms with van der Waals surface area (Å²) >= 11 is 4.36. The fraction of sp³-hybridized carbons (Fsp3) is 0.156. The van der Waals surface area contributed by atoms with Crippen LogP contribution >= 0.6 is 27.7 Å². The zero-order chi connectivity index (χ0) is 29.9. The maximum Gasteiger partial charge on any atom is 0.294 e. The molecule has 218 valence electrons.